The van der Waals surface area contributed by atoms with Crippen LogP contribution in [0.25, 0.3) is 10.6 Å². The third-order valence-electron chi connectivity index (χ3n) is 5.47. The van der Waals surface area contributed by atoms with Gasteiger partial charge in [-0.1, -0.05) is 60.2 Å². The van der Waals surface area contributed by atoms with Gasteiger partial charge in [0.25, 0.3) is 5.91 Å². The smallest absolute Gasteiger partial charge is 0.290 e. The Hall–Kier alpha value is -3.29. The van der Waals surface area contributed by atoms with E-state index in [9.17, 15) is 14.7 Å². The summed E-state index contributed by atoms with van der Waals surface area (Å²) in [7, 11) is 1.55. The molecule has 2 heterocycles. The Morgan fingerprint density at radius 2 is 1.91 bits per heavy atom. The first kappa shape index (κ1) is 21.9. The lowest BCUT2D eigenvalue weighted by molar-refractivity contribution is -0.130. The van der Waals surface area contributed by atoms with Crippen molar-refractivity contribution in [2.75, 3.05) is 20.3 Å². The normalized spacial score (nSPS) is 16.2. The van der Waals surface area contributed by atoms with Crippen molar-refractivity contribution in [3.63, 3.8) is 0 Å². The van der Waals surface area contributed by atoms with Crippen molar-refractivity contribution in [2.45, 2.75) is 19.9 Å². The highest BCUT2D eigenvalue weighted by Crippen LogP contribution is 2.41. The van der Waals surface area contributed by atoms with Crippen LogP contribution in [-0.4, -0.2) is 46.9 Å². The van der Waals surface area contributed by atoms with Crippen molar-refractivity contribution in [3.05, 3.63) is 87.6 Å². The molecule has 0 spiro atoms. The molecular weight excluding hydrogens is 424 g/mol. The Bertz CT molecular complexity index is 1200. The number of carbonyl (C=O) groups excluding carboxylic acids is 2. The molecule has 3 aromatic rings. The number of aliphatic hydroxyl groups is 1. The van der Waals surface area contributed by atoms with E-state index in [4.69, 9.17) is 4.74 Å². The summed E-state index contributed by atoms with van der Waals surface area (Å²) in [6.45, 7) is 4.27. The third-order valence-corrected chi connectivity index (χ3v) is 6.67. The van der Waals surface area contributed by atoms with Crippen LogP contribution < -0.4 is 0 Å². The Morgan fingerprint density at radius 3 is 2.59 bits per heavy atom. The SMILES string of the molecule is COCCN1C(=O)C(O)=C(C(=O)c2sc(-c3ccccc3)nc2C)C1c1cccc(C)c1. The zero-order valence-corrected chi connectivity index (χ0v) is 19.0. The van der Waals surface area contributed by atoms with E-state index in [1.165, 1.54) is 16.2 Å². The predicted molar refractivity (Wildman–Crippen MR) is 124 cm³/mol. The number of ketones is 1. The fourth-order valence-corrected chi connectivity index (χ4v) is 4.95. The summed E-state index contributed by atoms with van der Waals surface area (Å²) >= 11 is 1.27. The van der Waals surface area contributed by atoms with Crippen LogP contribution in [0.5, 0.6) is 0 Å². The molecule has 1 aliphatic rings. The quantitative estimate of drug-likeness (QED) is 0.532. The number of Topliss-reactive ketones (excluding diaryl/α,β-unsaturated/α-hetero) is 1. The van der Waals surface area contributed by atoms with Crippen LogP contribution in [-0.2, 0) is 9.53 Å². The third kappa shape index (κ3) is 3.97. The number of benzene rings is 2. The van der Waals surface area contributed by atoms with Crippen LogP contribution in [0.4, 0.5) is 0 Å². The Kier molecular flexibility index (Phi) is 6.21. The zero-order valence-electron chi connectivity index (χ0n) is 18.2. The number of carbonyl (C=O) groups is 2. The number of methoxy groups -OCH3 is 1. The number of nitrogens with zero attached hydrogens (tertiary/aromatic N) is 2. The molecule has 0 radical (unpaired) electrons. The van der Waals surface area contributed by atoms with Crippen LogP contribution in [0.15, 0.2) is 65.9 Å². The maximum absolute atomic E-state index is 13.7. The second-order valence-corrected chi connectivity index (χ2v) is 8.70. The molecule has 7 heteroatoms. The minimum absolute atomic E-state index is 0.0862. The molecule has 0 bridgehead atoms. The molecule has 0 aliphatic carbocycles. The van der Waals surface area contributed by atoms with Gasteiger partial charge < -0.3 is 14.7 Å². The lowest BCUT2D eigenvalue weighted by Gasteiger charge is -2.26. The number of amides is 1. The van der Waals surface area contributed by atoms with Gasteiger partial charge in [-0.05, 0) is 19.4 Å². The van der Waals surface area contributed by atoms with E-state index >= 15 is 0 Å². The molecule has 1 unspecified atom stereocenters. The molecule has 6 nitrogen and oxygen atoms in total. The van der Waals surface area contributed by atoms with Gasteiger partial charge in [0, 0.05) is 19.2 Å². The van der Waals surface area contributed by atoms with E-state index in [1.54, 1.807) is 14.0 Å². The van der Waals surface area contributed by atoms with Crippen LogP contribution in [0.1, 0.15) is 32.5 Å². The minimum atomic E-state index is -0.688. The molecule has 0 fully saturated rings. The summed E-state index contributed by atoms with van der Waals surface area (Å²) in [6.07, 6.45) is 0. The van der Waals surface area contributed by atoms with Crippen molar-refractivity contribution in [3.8, 4) is 10.6 Å². The summed E-state index contributed by atoms with van der Waals surface area (Å²) in [6, 6.07) is 16.6. The summed E-state index contributed by atoms with van der Waals surface area (Å²) in [5, 5.41) is 11.5. The molecule has 32 heavy (non-hydrogen) atoms. The number of ether oxygens (including phenoxy) is 1. The molecule has 1 aromatic heterocycles. The monoisotopic (exact) mass is 448 g/mol. The number of aliphatic hydroxyl groups excluding tert-OH is 1. The molecule has 1 atom stereocenters. The minimum Gasteiger partial charge on any atom is -0.503 e. The highest BCUT2D eigenvalue weighted by molar-refractivity contribution is 7.17. The molecular formula is C25H24N2O4S. The fourth-order valence-electron chi connectivity index (χ4n) is 3.93. The van der Waals surface area contributed by atoms with Crippen LogP contribution >= 0.6 is 11.3 Å². The van der Waals surface area contributed by atoms with Gasteiger partial charge in [0.05, 0.1) is 28.8 Å². The molecule has 1 amide bonds. The van der Waals surface area contributed by atoms with E-state index in [0.29, 0.717) is 17.2 Å². The number of aromatic nitrogens is 1. The second kappa shape index (κ2) is 9.06. The summed E-state index contributed by atoms with van der Waals surface area (Å²) in [5.74, 6) is -1.45. The lowest BCUT2D eigenvalue weighted by Crippen LogP contribution is -2.34. The molecule has 1 aliphatic heterocycles. The van der Waals surface area contributed by atoms with E-state index in [0.717, 1.165) is 21.7 Å². The van der Waals surface area contributed by atoms with E-state index in [1.807, 2.05) is 61.5 Å². The van der Waals surface area contributed by atoms with Crippen molar-refractivity contribution >= 4 is 23.0 Å². The zero-order chi connectivity index (χ0) is 22.8. The van der Waals surface area contributed by atoms with Crippen molar-refractivity contribution < 1.29 is 19.4 Å². The molecule has 164 valence electrons. The highest BCUT2D eigenvalue weighted by atomic mass is 32.1. The number of aryl methyl sites for hydroxylation is 2. The average Bonchev–Trinajstić information content (AvgIpc) is 3.30. The van der Waals surface area contributed by atoms with Crippen molar-refractivity contribution in [1.29, 1.82) is 0 Å². The topological polar surface area (TPSA) is 79.7 Å². The Morgan fingerprint density at radius 1 is 1.16 bits per heavy atom. The molecule has 0 saturated heterocycles. The van der Waals surface area contributed by atoms with Gasteiger partial charge in [-0.15, -0.1) is 11.3 Å². The maximum atomic E-state index is 13.7. The number of hydrogen-bond donors (Lipinski definition) is 1. The lowest BCUT2D eigenvalue weighted by atomic mass is 9.94. The number of rotatable bonds is 7. The van der Waals surface area contributed by atoms with Gasteiger partial charge in [0.1, 0.15) is 5.01 Å². The first-order valence-corrected chi connectivity index (χ1v) is 11.1. The van der Waals surface area contributed by atoms with Gasteiger partial charge in [0.2, 0.25) is 5.78 Å². The highest BCUT2D eigenvalue weighted by Gasteiger charge is 2.44. The summed E-state index contributed by atoms with van der Waals surface area (Å²) < 4.78 is 5.16. The summed E-state index contributed by atoms with van der Waals surface area (Å²) in [4.78, 5) is 33.1. The average molecular weight is 449 g/mol. The molecule has 2 aromatic carbocycles. The van der Waals surface area contributed by atoms with E-state index < -0.39 is 17.7 Å². The summed E-state index contributed by atoms with van der Waals surface area (Å²) in [5.41, 5.74) is 3.35. The standard InChI is InChI=1S/C25H24N2O4S/c1-15-8-7-11-18(14-15)20-19(22(29)25(30)27(20)12-13-31-3)21(28)23-16(2)26-24(32-23)17-9-5-4-6-10-17/h4-11,14,20,29H,12-13H2,1-3H3. The first-order valence-electron chi connectivity index (χ1n) is 10.3. The molecule has 4 rings (SSSR count). The second-order valence-electron chi connectivity index (χ2n) is 7.70. The van der Waals surface area contributed by atoms with Crippen LogP contribution in [0.2, 0.25) is 0 Å². The van der Waals surface area contributed by atoms with Crippen LogP contribution in [0.3, 0.4) is 0 Å². The van der Waals surface area contributed by atoms with Gasteiger partial charge in [-0.25, -0.2) is 4.98 Å². The fraction of sp³-hybridized carbons (Fsp3) is 0.240. The first-order chi connectivity index (χ1) is 15.4. The molecule has 1 N–H and O–H groups in total. The van der Waals surface area contributed by atoms with Gasteiger partial charge in [-0.3, -0.25) is 9.59 Å². The van der Waals surface area contributed by atoms with E-state index in [2.05, 4.69) is 4.98 Å². The van der Waals surface area contributed by atoms with Crippen LogP contribution in [0, 0.1) is 13.8 Å². The Balaban J connectivity index is 1.78. The van der Waals surface area contributed by atoms with Crippen molar-refractivity contribution in [2.24, 2.45) is 0 Å². The Labute approximate surface area is 190 Å². The largest absolute Gasteiger partial charge is 0.503 e. The van der Waals surface area contributed by atoms with Crippen molar-refractivity contribution in [1.82, 2.24) is 9.88 Å². The number of hydrogen-bond acceptors (Lipinski definition) is 6. The maximum Gasteiger partial charge on any atom is 0.290 e. The van der Waals surface area contributed by atoms with Gasteiger partial charge >= 0.3 is 0 Å². The van der Waals surface area contributed by atoms with E-state index in [-0.39, 0.29) is 17.9 Å². The van der Waals surface area contributed by atoms with Gasteiger partial charge in [0.15, 0.2) is 5.76 Å². The number of thiazole rings is 1. The van der Waals surface area contributed by atoms with Gasteiger partial charge in [-0.2, -0.15) is 0 Å². The molecule has 0 saturated carbocycles. The predicted octanol–water partition coefficient (Wildman–Crippen LogP) is 4.65.